The quantitative estimate of drug-likeness (QED) is 0.513. The highest BCUT2D eigenvalue weighted by Crippen LogP contribution is 2.37. The van der Waals surface area contributed by atoms with Gasteiger partial charge in [-0.1, -0.05) is 32.9 Å². The molecule has 0 radical (unpaired) electrons. The summed E-state index contributed by atoms with van der Waals surface area (Å²) in [6, 6.07) is 7.62. The highest BCUT2D eigenvalue weighted by molar-refractivity contribution is 7.15. The molecule has 2 rings (SSSR count). The third kappa shape index (κ3) is 5.35. The standard InChI is InChI=1S/C22H29NO4S/c1-5-13-27-17-11-9-16(10-12-17)18-14-28-21(19(18)22(25)26-8-4)23-20(24)15(6-2)7-3/h9-12,14-15H,5-8,13H2,1-4H3,(H,23,24). The van der Waals surface area contributed by atoms with E-state index in [1.807, 2.05) is 43.5 Å². The summed E-state index contributed by atoms with van der Waals surface area (Å²) in [5.74, 6) is 0.230. The fourth-order valence-electron chi connectivity index (χ4n) is 2.89. The lowest BCUT2D eigenvalue weighted by molar-refractivity contribution is -0.120. The van der Waals surface area contributed by atoms with Crippen LogP contribution in [0.15, 0.2) is 29.6 Å². The van der Waals surface area contributed by atoms with E-state index in [2.05, 4.69) is 12.2 Å². The van der Waals surface area contributed by atoms with Gasteiger partial charge in [-0.2, -0.15) is 0 Å². The van der Waals surface area contributed by atoms with Crippen molar-refractivity contribution in [3.8, 4) is 16.9 Å². The summed E-state index contributed by atoms with van der Waals surface area (Å²) in [6.07, 6.45) is 2.46. The lowest BCUT2D eigenvalue weighted by Crippen LogP contribution is -2.22. The first-order valence-electron chi connectivity index (χ1n) is 9.88. The van der Waals surface area contributed by atoms with Crippen molar-refractivity contribution in [2.45, 2.75) is 47.0 Å². The highest BCUT2D eigenvalue weighted by Gasteiger charge is 2.24. The van der Waals surface area contributed by atoms with Gasteiger partial charge in [-0.3, -0.25) is 4.79 Å². The minimum Gasteiger partial charge on any atom is -0.494 e. The number of hydrogen-bond donors (Lipinski definition) is 1. The lowest BCUT2D eigenvalue weighted by atomic mass is 10.0. The Balaban J connectivity index is 2.35. The van der Waals surface area contributed by atoms with Crippen LogP contribution in [0.1, 0.15) is 57.3 Å². The maximum Gasteiger partial charge on any atom is 0.341 e. The number of hydrogen-bond acceptors (Lipinski definition) is 5. The second-order valence-electron chi connectivity index (χ2n) is 6.45. The summed E-state index contributed by atoms with van der Waals surface area (Å²) in [6.45, 7) is 8.75. The number of amides is 1. The van der Waals surface area contributed by atoms with Crippen molar-refractivity contribution in [3.05, 3.63) is 35.2 Å². The average Bonchev–Trinajstić information content (AvgIpc) is 3.11. The van der Waals surface area contributed by atoms with Gasteiger partial charge in [-0.05, 0) is 43.9 Å². The summed E-state index contributed by atoms with van der Waals surface area (Å²) in [7, 11) is 0. The summed E-state index contributed by atoms with van der Waals surface area (Å²) in [4.78, 5) is 25.2. The molecule has 152 valence electrons. The Bertz CT molecular complexity index is 778. The molecule has 5 nitrogen and oxygen atoms in total. The first kappa shape index (κ1) is 22.0. The maximum absolute atomic E-state index is 12.6. The zero-order valence-corrected chi connectivity index (χ0v) is 17.9. The van der Waals surface area contributed by atoms with E-state index >= 15 is 0 Å². The molecular weight excluding hydrogens is 374 g/mol. The Morgan fingerprint density at radius 1 is 1.07 bits per heavy atom. The predicted octanol–water partition coefficient (Wildman–Crippen LogP) is 5.76. The van der Waals surface area contributed by atoms with Gasteiger partial charge in [0.15, 0.2) is 0 Å². The van der Waals surface area contributed by atoms with E-state index in [1.54, 1.807) is 6.92 Å². The third-order valence-electron chi connectivity index (χ3n) is 4.50. The van der Waals surface area contributed by atoms with Crippen LogP contribution in [0.2, 0.25) is 0 Å². The van der Waals surface area contributed by atoms with Crippen LogP contribution in [0.3, 0.4) is 0 Å². The molecule has 0 spiro atoms. The molecule has 28 heavy (non-hydrogen) atoms. The number of esters is 1. The molecule has 0 saturated carbocycles. The highest BCUT2D eigenvalue weighted by atomic mass is 32.1. The summed E-state index contributed by atoms with van der Waals surface area (Å²) >= 11 is 1.35. The van der Waals surface area contributed by atoms with Gasteiger partial charge >= 0.3 is 5.97 Å². The van der Waals surface area contributed by atoms with Crippen LogP contribution in [0.25, 0.3) is 11.1 Å². The van der Waals surface area contributed by atoms with Crippen LogP contribution in [0, 0.1) is 5.92 Å². The van der Waals surface area contributed by atoms with Gasteiger partial charge in [-0.15, -0.1) is 11.3 Å². The zero-order chi connectivity index (χ0) is 20.5. The van der Waals surface area contributed by atoms with Crippen LogP contribution in [0.4, 0.5) is 5.00 Å². The summed E-state index contributed by atoms with van der Waals surface area (Å²) < 4.78 is 10.9. The molecule has 0 bridgehead atoms. The molecule has 0 atom stereocenters. The Morgan fingerprint density at radius 2 is 1.75 bits per heavy atom. The van der Waals surface area contributed by atoms with E-state index in [0.717, 1.165) is 36.1 Å². The van der Waals surface area contributed by atoms with E-state index in [9.17, 15) is 9.59 Å². The second kappa shape index (κ2) is 10.9. The molecule has 1 aromatic carbocycles. The number of anilines is 1. The van der Waals surface area contributed by atoms with E-state index in [4.69, 9.17) is 9.47 Å². The predicted molar refractivity (Wildman–Crippen MR) is 114 cm³/mol. The van der Waals surface area contributed by atoms with Crippen LogP contribution in [0.5, 0.6) is 5.75 Å². The molecule has 0 aliphatic heterocycles. The van der Waals surface area contributed by atoms with Crippen molar-refractivity contribution in [2.24, 2.45) is 5.92 Å². The fraction of sp³-hybridized carbons (Fsp3) is 0.455. The van der Waals surface area contributed by atoms with Crippen LogP contribution >= 0.6 is 11.3 Å². The fourth-order valence-corrected chi connectivity index (χ4v) is 3.85. The van der Waals surface area contributed by atoms with E-state index in [-0.39, 0.29) is 18.4 Å². The molecular formula is C22H29NO4S. The normalized spacial score (nSPS) is 10.8. The number of benzene rings is 1. The maximum atomic E-state index is 12.6. The second-order valence-corrected chi connectivity index (χ2v) is 7.33. The Kier molecular flexibility index (Phi) is 8.51. The number of rotatable bonds is 10. The molecule has 0 fully saturated rings. The average molecular weight is 404 g/mol. The van der Waals surface area contributed by atoms with Gasteiger partial charge in [0, 0.05) is 16.9 Å². The number of nitrogens with one attached hydrogen (secondary N) is 1. The smallest absolute Gasteiger partial charge is 0.341 e. The van der Waals surface area contributed by atoms with Crippen LogP contribution in [-0.2, 0) is 9.53 Å². The van der Waals surface area contributed by atoms with Crippen LogP contribution in [-0.4, -0.2) is 25.1 Å². The largest absolute Gasteiger partial charge is 0.494 e. The number of ether oxygens (including phenoxy) is 2. The summed E-state index contributed by atoms with van der Waals surface area (Å²) in [5.41, 5.74) is 2.05. The molecule has 1 heterocycles. The van der Waals surface area contributed by atoms with Gasteiger partial charge in [0.05, 0.1) is 13.2 Å². The monoisotopic (exact) mass is 403 g/mol. The minimum atomic E-state index is -0.426. The van der Waals surface area contributed by atoms with Crippen molar-refractivity contribution >= 4 is 28.2 Å². The van der Waals surface area contributed by atoms with Crippen molar-refractivity contribution in [1.29, 1.82) is 0 Å². The molecule has 1 N–H and O–H groups in total. The molecule has 0 saturated heterocycles. The number of thiophene rings is 1. The number of carbonyl (C=O) groups is 2. The minimum absolute atomic E-state index is 0.0627. The first-order valence-corrected chi connectivity index (χ1v) is 10.8. The Labute approximate surface area is 171 Å². The molecule has 1 aromatic heterocycles. The van der Waals surface area contributed by atoms with E-state index < -0.39 is 5.97 Å². The van der Waals surface area contributed by atoms with E-state index in [0.29, 0.717) is 17.2 Å². The van der Waals surface area contributed by atoms with E-state index in [1.165, 1.54) is 11.3 Å². The summed E-state index contributed by atoms with van der Waals surface area (Å²) in [5, 5.41) is 5.36. The van der Waals surface area contributed by atoms with Gasteiger partial charge < -0.3 is 14.8 Å². The van der Waals surface area contributed by atoms with Gasteiger partial charge in [0.2, 0.25) is 5.91 Å². The zero-order valence-electron chi connectivity index (χ0n) is 17.0. The first-order chi connectivity index (χ1) is 13.5. The number of carbonyl (C=O) groups excluding carboxylic acids is 2. The Morgan fingerprint density at radius 3 is 2.32 bits per heavy atom. The van der Waals surface area contributed by atoms with Gasteiger partial charge in [0.25, 0.3) is 0 Å². The van der Waals surface area contributed by atoms with Crippen LogP contribution < -0.4 is 10.1 Å². The third-order valence-corrected chi connectivity index (χ3v) is 5.40. The lowest BCUT2D eigenvalue weighted by Gasteiger charge is -2.13. The molecule has 6 heteroatoms. The van der Waals surface area contributed by atoms with Crippen molar-refractivity contribution in [3.63, 3.8) is 0 Å². The molecule has 0 aliphatic rings. The topological polar surface area (TPSA) is 64.6 Å². The SMILES string of the molecule is CCCOc1ccc(-c2csc(NC(=O)C(CC)CC)c2C(=O)OCC)cc1. The molecule has 0 aliphatic carbocycles. The van der Waals surface area contributed by atoms with Crippen molar-refractivity contribution in [1.82, 2.24) is 0 Å². The van der Waals surface area contributed by atoms with Gasteiger partial charge in [-0.25, -0.2) is 4.79 Å². The Hall–Kier alpha value is -2.34. The van der Waals surface area contributed by atoms with Crippen molar-refractivity contribution in [2.75, 3.05) is 18.5 Å². The molecule has 0 unspecified atom stereocenters. The van der Waals surface area contributed by atoms with Crippen molar-refractivity contribution < 1.29 is 19.1 Å². The molecule has 2 aromatic rings. The molecule has 1 amide bonds. The van der Waals surface area contributed by atoms with Gasteiger partial charge in [0.1, 0.15) is 16.3 Å².